The maximum Gasteiger partial charge on any atom is 0.243 e. The molecule has 9 heteroatoms. The fourth-order valence-corrected chi connectivity index (χ4v) is 5.18. The number of hydrogen-bond acceptors (Lipinski definition) is 7. The van der Waals surface area contributed by atoms with Gasteiger partial charge in [-0.05, 0) is 49.9 Å². The van der Waals surface area contributed by atoms with E-state index in [1.165, 1.54) is 17.1 Å². The molecule has 0 radical (unpaired) electrons. The summed E-state index contributed by atoms with van der Waals surface area (Å²) in [5.41, 5.74) is 0. The minimum absolute atomic E-state index is 0.262. The summed E-state index contributed by atoms with van der Waals surface area (Å²) in [4.78, 5) is 2.43. The molecule has 2 aromatic rings. The van der Waals surface area contributed by atoms with Gasteiger partial charge < -0.3 is 9.15 Å². The van der Waals surface area contributed by atoms with Crippen molar-refractivity contribution in [2.45, 2.75) is 50.2 Å². The molecule has 0 atom stereocenters. The van der Waals surface area contributed by atoms with Crippen molar-refractivity contribution in [2.24, 2.45) is 0 Å². The number of sulfonamides is 1. The van der Waals surface area contributed by atoms with Crippen LogP contribution in [0.25, 0.3) is 0 Å². The Morgan fingerprint density at radius 3 is 2.36 bits per heavy atom. The van der Waals surface area contributed by atoms with Crippen LogP contribution in [0, 0.1) is 6.92 Å². The largest absolute Gasteiger partial charge is 0.490 e. The number of nitrogens with zero attached hydrogens (tertiary/aromatic N) is 4. The molecule has 28 heavy (non-hydrogen) atoms. The first kappa shape index (κ1) is 19.4. The quantitative estimate of drug-likeness (QED) is 0.727. The molecular formula is C19H26N4O4S. The normalized spacial score (nSPS) is 19.9. The zero-order valence-electron chi connectivity index (χ0n) is 16.1. The van der Waals surface area contributed by atoms with Crippen LogP contribution < -0.4 is 4.74 Å². The summed E-state index contributed by atoms with van der Waals surface area (Å²) >= 11 is 0. The Morgan fingerprint density at radius 2 is 1.75 bits per heavy atom. The molecule has 1 aromatic heterocycles. The van der Waals surface area contributed by atoms with Gasteiger partial charge in [0.25, 0.3) is 0 Å². The minimum atomic E-state index is -3.50. The van der Waals surface area contributed by atoms with E-state index in [1.807, 2.05) is 0 Å². The van der Waals surface area contributed by atoms with Crippen LogP contribution in [-0.2, 0) is 16.6 Å². The molecule has 1 aliphatic carbocycles. The van der Waals surface area contributed by atoms with E-state index in [1.54, 1.807) is 31.2 Å². The molecule has 1 aliphatic heterocycles. The summed E-state index contributed by atoms with van der Waals surface area (Å²) in [5.74, 6) is 1.84. The lowest BCUT2D eigenvalue weighted by atomic mass is 10.3. The summed E-state index contributed by atoms with van der Waals surface area (Å²) in [6.07, 6.45) is 4.82. The molecular weight excluding hydrogens is 380 g/mol. The van der Waals surface area contributed by atoms with Crippen molar-refractivity contribution in [1.82, 2.24) is 19.4 Å². The van der Waals surface area contributed by atoms with Crippen LogP contribution in [0.5, 0.6) is 5.75 Å². The average molecular weight is 407 g/mol. The predicted molar refractivity (Wildman–Crippen MR) is 102 cm³/mol. The third-order valence-electron chi connectivity index (χ3n) is 5.32. The van der Waals surface area contributed by atoms with Crippen molar-refractivity contribution >= 4 is 10.0 Å². The third-order valence-corrected chi connectivity index (χ3v) is 7.24. The Bertz CT molecular complexity index is 883. The molecule has 2 fully saturated rings. The van der Waals surface area contributed by atoms with Crippen molar-refractivity contribution in [3.8, 4) is 5.75 Å². The molecule has 4 rings (SSSR count). The Balaban J connectivity index is 1.34. The zero-order valence-corrected chi connectivity index (χ0v) is 16.9. The molecule has 2 aliphatic rings. The lowest BCUT2D eigenvalue weighted by Gasteiger charge is -2.33. The van der Waals surface area contributed by atoms with Crippen molar-refractivity contribution < 1.29 is 17.6 Å². The first-order valence-corrected chi connectivity index (χ1v) is 11.2. The number of aryl methyl sites for hydroxylation is 1. The van der Waals surface area contributed by atoms with E-state index in [4.69, 9.17) is 9.15 Å². The smallest absolute Gasteiger partial charge is 0.243 e. The Labute approximate surface area is 165 Å². The van der Waals surface area contributed by atoms with Crippen LogP contribution in [0.15, 0.2) is 33.6 Å². The molecule has 8 nitrogen and oxygen atoms in total. The van der Waals surface area contributed by atoms with E-state index < -0.39 is 10.0 Å². The van der Waals surface area contributed by atoms with Gasteiger partial charge in [-0.3, -0.25) is 4.90 Å². The summed E-state index contributed by atoms with van der Waals surface area (Å²) in [5, 5.41) is 7.82. The van der Waals surface area contributed by atoms with Gasteiger partial charge >= 0.3 is 0 Å². The SMILES string of the molecule is Cc1nnc(CN2CCN(S(=O)(=O)c3ccc(OC4CCCC4)cc3)CC2)o1. The summed E-state index contributed by atoms with van der Waals surface area (Å²) in [6.45, 7) is 4.44. The summed E-state index contributed by atoms with van der Waals surface area (Å²) < 4.78 is 38.7. The molecule has 0 bridgehead atoms. The second-order valence-electron chi connectivity index (χ2n) is 7.39. The van der Waals surface area contributed by atoms with Crippen molar-refractivity contribution in [3.63, 3.8) is 0 Å². The highest BCUT2D eigenvalue weighted by Crippen LogP contribution is 2.26. The molecule has 0 N–H and O–H groups in total. The maximum atomic E-state index is 12.9. The predicted octanol–water partition coefficient (Wildman–Crippen LogP) is 2.21. The van der Waals surface area contributed by atoms with Gasteiger partial charge in [0.2, 0.25) is 21.8 Å². The summed E-state index contributed by atoms with van der Waals surface area (Å²) in [7, 11) is -3.50. The standard InChI is InChI=1S/C19H26N4O4S/c1-15-20-21-19(26-15)14-22-10-12-23(13-11-22)28(24,25)18-8-6-17(7-9-18)27-16-4-2-3-5-16/h6-9,16H,2-5,10-14H2,1H3. The fraction of sp³-hybridized carbons (Fsp3) is 0.579. The van der Waals surface area contributed by atoms with E-state index in [2.05, 4.69) is 15.1 Å². The van der Waals surface area contributed by atoms with Crippen LogP contribution in [-0.4, -0.2) is 60.1 Å². The molecule has 1 saturated carbocycles. The number of aromatic nitrogens is 2. The van der Waals surface area contributed by atoms with Gasteiger partial charge in [0.05, 0.1) is 17.5 Å². The lowest BCUT2D eigenvalue weighted by molar-refractivity contribution is 0.167. The van der Waals surface area contributed by atoms with Gasteiger partial charge in [-0.25, -0.2) is 8.42 Å². The fourth-order valence-electron chi connectivity index (χ4n) is 3.76. The highest BCUT2D eigenvalue weighted by atomic mass is 32.2. The topological polar surface area (TPSA) is 88.8 Å². The summed E-state index contributed by atoms with van der Waals surface area (Å²) in [6, 6.07) is 6.82. The second-order valence-corrected chi connectivity index (χ2v) is 9.33. The number of benzene rings is 1. The first-order chi connectivity index (χ1) is 13.5. The van der Waals surface area contributed by atoms with E-state index >= 15 is 0 Å². The Morgan fingerprint density at radius 1 is 1.07 bits per heavy atom. The van der Waals surface area contributed by atoms with Gasteiger partial charge in [-0.2, -0.15) is 4.31 Å². The number of ether oxygens (including phenoxy) is 1. The van der Waals surface area contributed by atoms with Crippen molar-refractivity contribution in [1.29, 1.82) is 0 Å². The molecule has 0 spiro atoms. The number of rotatable bonds is 6. The first-order valence-electron chi connectivity index (χ1n) is 9.79. The van der Waals surface area contributed by atoms with Crippen LogP contribution in [0.4, 0.5) is 0 Å². The molecule has 1 aromatic carbocycles. The van der Waals surface area contributed by atoms with E-state index in [-0.39, 0.29) is 6.10 Å². The van der Waals surface area contributed by atoms with Gasteiger partial charge in [0, 0.05) is 33.1 Å². The average Bonchev–Trinajstić information content (AvgIpc) is 3.34. The van der Waals surface area contributed by atoms with E-state index in [0.29, 0.717) is 49.4 Å². The van der Waals surface area contributed by atoms with Gasteiger partial charge in [-0.1, -0.05) is 0 Å². The zero-order chi connectivity index (χ0) is 19.6. The van der Waals surface area contributed by atoms with E-state index in [9.17, 15) is 8.42 Å². The van der Waals surface area contributed by atoms with Crippen LogP contribution >= 0.6 is 0 Å². The highest BCUT2D eigenvalue weighted by Gasteiger charge is 2.29. The van der Waals surface area contributed by atoms with Gasteiger partial charge in [0.1, 0.15) is 5.75 Å². The van der Waals surface area contributed by atoms with Gasteiger partial charge in [0.15, 0.2) is 0 Å². The molecule has 0 unspecified atom stereocenters. The Kier molecular flexibility index (Phi) is 5.65. The Hall–Kier alpha value is -1.97. The van der Waals surface area contributed by atoms with E-state index in [0.717, 1.165) is 18.6 Å². The minimum Gasteiger partial charge on any atom is -0.490 e. The third kappa shape index (κ3) is 4.37. The molecule has 1 saturated heterocycles. The molecule has 0 amide bonds. The van der Waals surface area contributed by atoms with Crippen LogP contribution in [0.1, 0.15) is 37.5 Å². The van der Waals surface area contributed by atoms with Crippen molar-refractivity contribution in [2.75, 3.05) is 26.2 Å². The van der Waals surface area contributed by atoms with Crippen LogP contribution in [0.2, 0.25) is 0 Å². The molecule has 152 valence electrons. The lowest BCUT2D eigenvalue weighted by Crippen LogP contribution is -2.48. The number of piperazine rings is 1. The van der Waals surface area contributed by atoms with Crippen molar-refractivity contribution in [3.05, 3.63) is 36.0 Å². The maximum absolute atomic E-state index is 12.9. The van der Waals surface area contributed by atoms with Crippen LogP contribution in [0.3, 0.4) is 0 Å². The molecule has 2 heterocycles. The monoisotopic (exact) mass is 406 g/mol. The van der Waals surface area contributed by atoms with Gasteiger partial charge in [-0.15, -0.1) is 10.2 Å². The number of hydrogen-bond donors (Lipinski definition) is 0. The highest BCUT2D eigenvalue weighted by molar-refractivity contribution is 7.89. The second kappa shape index (κ2) is 8.18.